The van der Waals surface area contributed by atoms with Crippen molar-refractivity contribution in [1.29, 1.82) is 5.26 Å². The molecule has 20 heavy (non-hydrogen) atoms. The highest BCUT2D eigenvalue weighted by atomic mass is 16.5. The smallest absolute Gasteiger partial charge is 0.260 e. The molecule has 0 fully saturated rings. The lowest BCUT2D eigenvalue weighted by Gasteiger charge is -2.15. The maximum atomic E-state index is 11.7. The Morgan fingerprint density at radius 3 is 2.65 bits per heavy atom. The van der Waals surface area contributed by atoms with Crippen LogP contribution >= 0.6 is 0 Å². The maximum Gasteiger partial charge on any atom is 0.260 e. The predicted molar refractivity (Wildman–Crippen MR) is 78.4 cm³/mol. The van der Waals surface area contributed by atoms with Gasteiger partial charge in [-0.25, -0.2) is 0 Å². The summed E-state index contributed by atoms with van der Waals surface area (Å²) in [7, 11) is 1.68. The van der Waals surface area contributed by atoms with E-state index in [0.717, 1.165) is 6.42 Å². The molecule has 4 nitrogen and oxygen atoms in total. The van der Waals surface area contributed by atoms with E-state index in [1.54, 1.807) is 7.05 Å². The maximum absolute atomic E-state index is 11.7. The van der Waals surface area contributed by atoms with Crippen LogP contribution in [0.25, 0.3) is 0 Å². The van der Waals surface area contributed by atoms with Crippen LogP contribution in [0.2, 0.25) is 0 Å². The summed E-state index contributed by atoms with van der Waals surface area (Å²) in [6.07, 6.45) is 3.78. The van der Waals surface area contributed by atoms with Crippen LogP contribution in [0.15, 0.2) is 24.3 Å². The van der Waals surface area contributed by atoms with E-state index in [9.17, 15) is 4.79 Å². The number of ether oxygens (including phenoxy) is 1. The van der Waals surface area contributed by atoms with Gasteiger partial charge in [-0.05, 0) is 30.5 Å². The number of carbonyl (C=O) groups is 1. The van der Waals surface area contributed by atoms with Crippen molar-refractivity contribution in [3.05, 3.63) is 29.8 Å². The van der Waals surface area contributed by atoms with E-state index in [1.807, 2.05) is 30.3 Å². The number of carbonyl (C=O) groups excluding carboxylic acids is 1. The van der Waals surface area contributed by atoms with E-state index >= 15 is 0 Å². The zero-order valence-corrected chi connectivity index (χ0v) is 12.3. The highest BCUT2D eigenvalue weighted by molar-refractivity contribution is 5.77. The second-order valence-electron chi connectivity index (χ2n) is 4.76. The molecule has 1 amide bonds. The van der Waals surface area contributed by atoms with Gasteiger partial charge in [0.2, 0.25) is 0 Å². The fraction of sp³-hybridized carbons (Fsp3) is 0.500. The summed E-state index contributed by atoms with van der Waals surface area (Å²) in [5.41, 5.74) is 1.29. The van der Waals surface area contributed by atoms with E-state index in [2.05, 4.69) is 6.92 Å². The molecule has 0 N–H and O–H groups in total. The Morgan fingerprint density at radius 1 is 1.35 bits per heavy atom. The number of likely N-dealkylation sites (N-methyl/N-ethyl adjacent to an activating group) is 1. The molecule has 108 valence electrons. The van der Waals surface area contributed by atoms with Crippen molar-refractivity contribution in [3.8, 4) is 11.8 Å². The van der Waals surface area contributed by atoms with Crippen LogP contribution in [0.5, 0.6) is 5.75 Å². The van der Waals surface area contributed by atoms with Crippen molar-refractivity contribution in [2.24, 2.45) is 0 Å². The van der Waals surface area contributed by atoms with Crippen LogP contribution in [-0.4, -0.2) is 31.0 Å². The van der Waals surface area contributed by atoms with E-state index in [-0.39, 0.29) is 12.5 Å². The largest absolute Gasteiger partial charge is 0.484 e. The lowest BCUT2D eigenvalue weighted by atomic mass is 10.1. The summed E-state index contributed by atoms with van der Waals surface area (Å²) in [4.78, 5) is 13.2. The Labute approximate surface area is 121 Å². The number of nitriles is 1. The van der Waals surface area contributed by atoms with E-state index in [1.165, 1.54) is 23.3 Å². The lowest BCUT2D eigenvalue weighted by molar-refractivity contribution is -0.131. The normalized spacial score (nSPS) is 9.85. The average Bonchev–Trinajstić information content (AvgIpc) is 2.49. The number of hydrogen-bond acceptors (Lipinski definition) is 3. The highest BCUT2D eigenvalue weighted by Crippen LogP contribution is 2.14. The molecule has 0 saturated carbocycles. The van der Waals surface area contributed by atoms with Gasteiger partial charge in [0.05, 0.1) is 12.5 Å². The third kappa shape index (κ3) is 5.75. The molecule has 0 aliphatic carbocycles. The van der Waals surface area contributed by atoms with Gasteiger partial charge in [0.1, 0.15) is 5.75 Å². The zero-order chi connectivity index (χ0) is 14.8. The van der Waals surface area contributed by atoms with E-state index < -0.39 is 0 Å². The van der Waals surface area contributed by atoms with Crippen LogP contribution < -0.4 is 4.74 Å². The van der Waals surface area contributed by atoms with Crippen LogP contribution in [0, 0.1) is 11.3 Å². The summed E-state index contributed by atoms with van der Waals surface area (Å²) in [6, 6.07) is 9.88. The summed E-state index contributed by atoms with van der Waals surface area (Å²) in [6.45, 7) is 2.62. The first-order valence-electron chi connectivity index (χ1n) is 7.00. The number of aryl methyl sites for hydroxylation is 1. The minimum atomic E-state index is -0.115. The van der Waals surface area contributed by atoms with Gasteiger partial charge in [0.25, 0.3) is 5.91 Å². The first-order valence-corrected chi connectivity index (χ1v) is 7.00. The summed E-state index contributed by atoms with van der Waals surface area (Å²) in [5.74, 6) is 0.586. The molecule has 0 saturated heterocycles. The predicted octanol–water partition coefficient (Wildman–Crippen LogP) is 2.78. The van der Waals surface area contributed by atoms with Gasteiger partial charge in [0.15, 0.2) is 6.61 Å². The molecule has 4 heteroatoms. The Kier molecular flexibility index (Phi) is 7.20. The second-order valence-corrected chi connectivity index (χ2v) is 4.76. The van der Waals surface area contributed by atoms with Gasteiger partial charge < -0.3 is 9.64 Å². The Bertz CT molecular complexity index is 449. The van der Waals surface area contributed by atoms with Crippen molar-refractivity contribution in [3.63, 3.8) is 0 Å². The second kappa shape index (κ2) is 8.98. The molecular weight excluding hydrogens is 252 g/mol. The number of benzene rings is 1. The quantitative estimate of drug-likeness (QED) is 0.732. The lowest BCUT2D eigenvalue weighted by Crippen LogP contribution is -2.32. The molecule has 0 heterocycles. The van der Waals surface area contributed by atoms with Crippen molar-refractivity contribution >= 4 is 5.91 Å². The minimum Gasteiger partial charge on any atom is -0.484 e. The standard InChI is InChI=1S/C16H22N2O2/c1-3-4-6-14-7-9-15(10-8-14)20-13-16(19)18(2)12-5-11-17/h7-10H,3-6,12-13H2,1-2H3. The number of unbranched alkanes of at least 4 members (excludes halogenated alkanes) is 1. The molecular formula is C16H22N2O2. The molecule has 0 aliphatic heterocycles. The van der Waals surface area contributed by atoms with Gasteiger partial charge in [-0.1, -0.05) is 25.5 Å². The van der Waals surface area contributed by atoms with Gasteiger partial charge in [-0.15, -0.1) is 0 Å². The van der Waals surface area contributed by atoms with E-state index in [0.29, 0.717) is 18.7 Å². The SMILES string of the molecule is CCCCc1ccc(OCC(=O)N(C)CCC#N)cc1. The van der Waals surface area contributed by atoms with Crippen molar-refractivity contribution < 1.29 is 9.53 Å². The molecule has 0 radical (unpaired) electrons. The molecule has 0 unspecified atom stereocenters. The molecule has 1 rings (SSSR count). The van der Waals surface area contributed by atoms with E-state index in [4.69, 9.17) is 10.00 Å². The number of rotatable bonds is 8. The van der Waals surface area contributed by atoms with Crippen molar-refractivity contribution in [1.82, 2.24) is 4.90 Å². The summed E-state index contributed by atoms with van der Waals surface area (Å²) < 4.78 is 5.45. The van der Waals surface area contributed by atoms with Crippen LogP contribution in [0.1, 0.15) is 31.7 Å². The van der Waals surface area contributed by atoms with Crippen molar-refractivity contribution in [2.75, 3.05) is 20.2 Å². The van der Waals surface area contributed by atoms with Gasteiger partial charge in [0, 0.05) is 13.6 Å². The molecule has 0 bridgehead atoms. The number of hydrogen-bond donors (Lipinski definition) is 0. The Morgan fingerprint density at radius 2 is 2.05 bits per heavy atom. The minimum absolute atomic E-state index is 0.0102. The first kappa shape index (κ1) is 16.0. The summed E-state index contributed by atoms with van der Waals surface area (Å²) in [5, 5.41) is 8.47. The zero-order valence-electron chi connectivity index (χ0n) is 12.3. The third-order valence-electron chi connectivity index (χ3n) is 3.09. The third-order valence-corrected chi connectivity index (χ3v) is 3.09. The average molecular weight is 274 g/mol. The van der Waals surface area contributed by atoms with Gasteiger partial charge in [-0.3, -0.25) is 4.79 Å². The topological polar surface area (TPSA) is 53.3 Å². The van der Waals surface area contributed by atoms with Crippen molar-refractivity contribution in [2.45, 2.75) is 32.6 Å². The molecule has 0 spiro atoms. The van der Waals surface area contributed by atoms with Crippen LogP contribution in [0.3, 0.4) is 0 Å². The number of nitrogens with zero attached hydrogens (tertiary/aromatic N) is 2. The Balaban J connectivity index is 2.38. The summed E-state index contributed by atoms with van der Waals surface area (Å²) >= 11 is 0. The number of amides is 1. The molecule has 1 aromatic rings. The van der Waals surface area contributed by atoms with Gasteiger partial charge in [-0.2, -0.15) is 5.26 Å². The monoisotopic (exact) mass is 274 g/mol. The van der Waals surface area contributed by atoms with Gasteiger partial charge >= 0.3 is 0 Å². The van der Waals surface area contributed by atoms with Crippen LogP contribution in [0.4, 0.5) is 0 Å². The Hall–Kier alpha value is -2.02. The molecule has 0 atom stereocenters. The highest BCUT2D eigenvalue weighted by Gasteiger charge is 2.08. The molecule has 0 aromatic heterocycles. The van der Waals surface area contributed by atoms with Crippen LogP contribution in [-0.2, 0) is 11.2 Å². The first-order chi connectivity index (χ1) is 9.67. The molecule has 0 aliphatic rings. The fourth-order valence-corrected chi connectivity index (χ4v) is 1.73. The fourth-order valence-electron chi connectivity index (χ4n) is 1.73. The molecule has 1 aromatic carbocycles.